The summed E-state index contributed by atoms with van der Waals surface area (Å²) >= 11 is 0. The van der Waals surface area contributed by atoms with Crippen LogP contribution in [0.5, 0.6) is 0 Å². The number of rotatable bonds is 1. The number of primary amides is 1. The Morgan fingerprint density at radius 1 is 1.31 bits per heavy atom. The molecule has 4 nitrogen and oxygen atoms in total. The summed E-state index contributed by atoms with van der Waals surface area (Å²) in [5.41, 5.74) is 6.36. The van der Waals surface area contributed by atoms with E-state index in [0.717, 1.165) is 5.39 Å². The van der Waals surface area contributed by atoms with Gasteiger partial charge >= 0.3 is 0 Å². The molecule has 0 saturated carbocycles. The molecule has 1 heterocycles. The maximum atomic E-state index is 11.1. The van der Waals surface area contributed by atoms with E-state index in [1.54, 1.807) is 13.0 Å². The lowest BCUT2D eigenvalue weighted by Crippen LogP contribution is -2.16. The van der Waals surface area contributed by atoms with Gasteiger partial charge in [-0.2, -0.15) is 0 Å². The van der Waals surface area contributed by atoms with Crippen LogP contribution in [-0.4, -0.2) is 15.9 Å². The molecule has 0 atom stereocenters. The number of carbonyl (C=O) groups excluding carboxylic acids is 1. The molecule has 1 amide bonds. The quantitative estimate of drug-likeness (QED) is 0.718. The van der Waals surface area contributed by atoms with Crippen molar-refractivity contribution < 1.29 is 4.79 Å². The number of amides is 1. The summed E-state index contributed by atoms with van der Waals surface area (Å²) in [4.78, 5) is 19.1. The number of para-hydroxylation sites is 1. The molecule has 2 N–H and O–H groups in total. The van der Waals surface area contributed by atoms with Crippen molar-refractivity contribution in [1.29, 1.82) is 0 Å². The van der Waals surface area contributed by atoms with Crippen LogP contribution in [0.15, 0.2) is 24.3 Å². The van der Waals surface area contributed by atoms with E-state index in [4.69, 9.17) is 5.73 Å². The molecule has 0 radical (unpaired) electrons. The van der Waals surface area contributed by atoms with Crippen molar-refractivity contribution in [3.05, 3.63) is 35.8 Å². The summed E-state index contributed by atoms with van der Waals surface area (Å²) < 4.78 is 0. The first-order chi connectivity index (χ1) is 7.72. The summed E-state index contributed by atoms with van der Waals surface area (Å²) in [7, 11) is 0. The van der Waals surface area contributed by atoms with Gasteiger partial charge < -0.3 is 5.73 Å². The molecule has 1 aromatic carbocycles. The van der Waals surface area contributed by atoms with E-state index in [0.29, 0.717) is 11.2 Å². The Bertz CT molecular complexity index is 623. The van der Waals surface area contributed by atoms with E-state index in [1.165, 1.54) is 0 Å². The average molecular weight is 211 g/mol. The maximum Gasteiger partial charge on any atom is 0.286 e. The van der Waals surface area contributed by atoms with E-state index in [9.17, 15) is 4.79 Å². The molecular formula is C12H9N3O. The average Bonchev–Trinajstić information content (AvgIpc) is 2.29. The van der Waals surface area contributed by atoms with Crippen LogP contribution in [0.2, 0.25) is 0 Å². The number of fused-ring (bicyclic) bond motifs is 1. The van der Waals surface area contributed by atoms with Crippen molar-refractivity contribution in [3.63, 3.8) is 0 Å². The molecule has 0 spiro atoms. The third-order valence-electron chi connectivity index (χ3n) is 2.07. The zero-order valence-electron chi connectivity index (χ0n) is 8.69. The number of hydrogen-bond donors (Lipinski definition) is 1. The molecule has 2 aromatic rings. The van der Waals surface area contributed by atoms with Gasteiger partial charge in [-0.3, -0.25) is 4.79 Å². The lowest BCUT2D eigenvalue weighted by molar-refractivity contribution is 0.0990. The van der Waals surface area contributed by atoms with Crippen molar-refractivity contribution in [3.8, 4) is 11.8 Å². The number of nitrogens with two attached hydrogens (primary N) is 1. The number of aromatic nitrogens is 2. The van der Waals surface area contributed by atoms with Crippen molar-refractivity contribution >= 4 is 16.8 Å². The van der Waals surface area contributed by atoms with Crippen molar-refractivity contribution in [2.24, 2.45) is 5.73 Å². The van der Waals surface area contributed by atoms with E-state index < -0.39 is 5.91 Å². The zero-order valence-corrected chi connectivity index (χ0v) is 8.69. The number of nitrogens with zero attached hydrogens (tertiary/aromatic N) is 2. The Kier molecular flexibility index (Phi) is 2.52. The normalized spacial score (nSPS) is 9.56. The number of benzene rings is 1. The summed E-state index contributed by atoms with van der Waals surface area (Å²) in [5.74, 6) is 4.94. The first-order valence-electron chi connectivity index (χ1n) is 4.71. The Hall–Kier alpha value is -2.41. The molecule has 1 aromatic heterocycles. The third kappa shape index (κ3) is 1.71. The van der Waals surface area contributed by atoms with Crippen molar-refractivity contribution in [2.75, 3.05) is 0 Å². The highest BCUT2D eigenvalue weighted by atomic mass is 16.1. The van der Waals surface area contributed by atoms with Crippen molar-refractivity contribution in [1.82, 2.24) is 9.97 Å². The Morgan fingerprint density at radius 2 is 2.06 bits per heavy atom. The van der Waals surface area contributed by atoms with E-state index in [-0.39, 0.29) is 5.82 Å². The van der Waals surface area contributed by atoms with Crippen molar-refractivity contribution in [2.45, 2.75) is 6.92 Å². The molecule has 0 bridgehead atoms. The summed E-state index contributed by atoms with van der Waals surface area (Å²) in [6, 6.07) is 7.36. The largest absolute Gasteiger partial charge is 0.363 e. The second-order valence-electron chi connectivity index (χ2n) is 3.15. The fraction of sp³-hybridized carbons (Fsp3) is 0.0833. The third-order valence-corrected chi connectivity index (χ3v) is 2.07. The fourth-order valence-electron chi connectivity index (χ4n) is 1.40. The molecule has 0 aliphatic carbocycles. The van der Waals surface area contributed by atoms with E-state index in [1.807, 2.05) is 18.2 Å². The zero-order chi connectivity index (χ0) is 11.5. The van der Waals surface area contributed by atoms with Gasteiger partial charge in [0.15, 0.2) is 0 Å². The fourth-order valence-corrected chi connectivity index (χ4v) is 1.40. The molecule has 0 aliphatic heterocycles. The van der Waals surface area contributed by atoms with Crippen LogP contribution in [0, 0.1) is 11.8 Å². The van der Waals surface area contributed by atoms with Gasteiger partial charge in [-0.25, -0.2) is 9.97 Å². The first kappa shape index (κ1) is 10.1. The monoisotopic (exact) mass is 211 g/mol. The van der Waals surface area contributed by atoms with E-state index in [2.05, 4.69) is 21.8 Å². The highest BCUT2D eigenvalue weighted by Crippen LogP contribution is 2.14. The molecular weight excluding hydrogens is 202 g/mol. The highest BCUT2D eigenvalue weighted by molar-refractivity contribution is 5.93. The molecule has 0 saturated heterocycles. The van der Waals surface area contributed by atoms with Gasteiger partial charge in [-0.15, -0.1) is 0 Å². The molecule has 0 aliphatic rings. The summed E-state index contributed by atoms with van der Waals surface area (Å²) in [6.07, 6.45) is 0. The van der Waals surface area contributed by atoms with Gasteiger partial charge in [0.1, 0.15) is 5.69 Å². The highest BCUT2D eigenvalue weighted by Gasteiger charge is 2.09. The number of hydrogen-bond acceptors (Lipinski definition) is 3. The minimum absolute atomic E-state index is 0.00329. The van der Waals surface area contributed by atoms with Gasteiger partial charge in [0.2, 0.25) is 5.82 Å². The topological polar surface area (TPSA) is 68.9 Å². The Balaban J connectivity index is 2.82. The second-order valence-corrected chi connectivity index (χ2v) is 3.15. The smallest absolute Gasteiger partial charge is 0.286 e. The van der Waals surface area contributed by atoms with Crippen LogP contribution in [0.25, 0.3) is 10.9 Å². The molecule has 0 fully saturated rings. The standard InChI is InChI=1S/C12H9N3O/c1-2-5-9-8-6-3-4-7-10(8)15-12(14-9)11(13)16/h3-4,6-7H,1H3,(H2,13,16). The predicted octanol–water partition coefficient (Wildman–Crippen LogP) is 1.10. The van der Waals surface area contributed by atoms with Gasteiger partial charge in [0, 0.05) is 5.39 Å². The van der Waals surface area contributed by atoms with Gasteiger partial charge in [-0.1, -0.05) is 18.1 Å². The second kappa shape index (κ2) is 3.99. The van der Waals surface area contributed by atoms with Crippen LogP contribution in [0.4, 0.5) is 0 Å². The van der Waals surface area contributed by atoms with Crippen LogP contribution in [-0.2, 0) is 0 Å². The minimum Gasteiger partial charge on any atom is -0.363 e. The summed E-state index contributed by atoms with van der Waals surface area (Å²) in [5, 5.41) is 0.821. The van der Waals surface area contributed by atoms with E-state index >= 15 is 0 Å². The Labute approximate surface area is 92.5 Å². The number of carbonyl (C=O) groups is 1. The van der Waals surface area contributed by atoms with Crippen LogP contribution in [0.1, 0.15) is 23.2 Å². The first-order valence-corrected chi connectivity index (χ1v) is 4.71. The van der Waals surface area contributed by atoms with Crippen LogP contribution in [0.3, 0.4) is 0 Å². The van der Waals surface area contributed by atoms with Crippen LogP contribution >= 0.6 is 0 Å². The minimum atomic E-state index is -0.648. The van der Waals surface area contributed by atoms with Gasteiger partial charge in [0.05, 0.1) is 5.52 Å². The molecule has 16 heavy (non-hydrogen) atoms. The van der Waals surface area contributed by atoms with Gasteiger partial charge in [0.25, 0.3) is 5.91 Å². The summed E-state index contributed by atoms with van der Waals surface area (Å²) in [6.45, 7) is 1.71. The molecule has 78 valence electrons. The predicted molar refractivity (Wildman–Crippen MR) is 60.6 cm³/mol. The molecule has 0 unspecified atom stereocenters. The SMILES string of the molecule is CC#Cc1nc(C(N)=O)nc2ccccc12. The maximum absolute atomic E-state index is 11.1. The molecule has 2 rings (SSSR count). The lowest BCUT2D eigenvalue weighted by Gasteiger charge is -2.01. The molecule has 4 heteroatoms. The lowest BCUT2D eigenvalue weighted by atomic mass is 10.2. The van der Waals surface area contributed by atoms with Gasteiger partial charge in [-0.05, 0) is 25.0 Å². The van der Waals surface area contributed by atoms with Crippen LogP contribution < -0.4 is 5.73 Å². The Morgan fingerprint density at radius 3 is 2.75 bits per heavy atom.